The number of ether oxygens (including phenoxy) is 5. The predicted octanol–water partition coefficient (Wildman–Crippen LogP) is 2.76. The average molecular weight is 627 g/mol. The molecule has 4 rings (SSSR count). The number of rotatable bonds is 4. The van der Waals surface area contributed by atoms with Crippen LogP contribution in [-0.4, -0.2) is 126 Å². The summed E-state index contributed by atoms with van der Waals surface area (Å²) < 4.78 is 31.5. The second-order valence-corrected chi connectivity index (χ2v) is 14.1. The zero-order valence-corrected chi connectivity index (χ0v) is 28.7. The average Bonchev–Trinajstić information content (AvgIpc) is 2.94. The molecule has 11 nitrogen and oxygen atoms in total. The first-order chi connectivity index (χ1) is 20.4. The number of likely N-dealkylation sites (N-methyl/N-ethyl adjacent to an activating group) is 2. The molecule has 2 fully saturated rings. The number of ketones is 1. The molecule has 0 aliphatic carbocycles. The maximum absolute atomic E-state index is 14.1. The lowest BCUT2D eigenvalue weighted by atomic mass is 9.78. The third-order valence-electron chi connectivity index (χ3n) is 10.0. The van der Waals surface area contributed by atoms with Crippen molar-refractivity contribution in [1.82, 2.24) is 9.80 Å². The van der Waals surface area contributed by atoms with E-state index in [0.717, 1.165) is 0 Å². The van der Waals surface area contributed by atoms with Gasteiger partial charge in [-0.05, 0) is 87.0 Å². The lowest BCUT2D eigenvalue weighted by molar-refractivity contribution is -0.297. The molecule has 0 aromatic heterocycles. The molecule has 0 radical (unpaired) electrons. The molecule has 0 aromatic carbocycles. The van der Waals surface area contributed by atoms with Crippen LogP contribution in [0.5, 0.6) is 0 Å². The smallest absolute Gasteiger partial charge is 0.316 e. The van der Waals surface area contributed by atoms with Crippen LogP contribution in [0.15, 0.2) is 12.3 Å². The molecule has 2 saturated heterocycles. The summed E-state index contributed by atoms with van der Waals surface area (Å²) in [5.74, 6) is -3.01. The van der Waals surface area contributed by atoms with E-state index in [-0.39, 0.29) is 36.5 Å². The Bertz CT molecular complexity index is 1010. The molecular weight excluding hydrogens is 568 g/mol. The van der Waals surface area contributed by atoms with Crippen LogP contribution in [0.3, 0.4) is 0 Å². The van der Waals surface area contributed by atoms with Crippen LogP contribution in [0, 0.1) is 17.8 Å². The number of hydrogen-bond acceptors (Lipinski definition) is 11. The SMILES string of the molecule is CC[C@H]1OC(=O)C(C)C(=O)[C@H](C)[C@@H](O[C@@H]2O[C@H](C)C[C@H](N(C)C)[C@H]2O)[C@@]2(C)C[C@@H](C)CN(C)[C@H](C)[C@@H](O/C=C/CO2)[C@]1(C)O. The van der Waals surface area contributed by atoms with Crippen molar-refractivity contribution in [3.05, 3.63) is 12.3 Å². The quantitative estimate of drug-likeness (QED) is 0.353. The Labute approximate surface area is 264 Å². The van der Waals surface area contributed by atoms with E-state index in [1.165, 1.54) is 13.2 Å². The van der Waals surface area contributed by atoms with Crippen molar-refractivity contribution in [2.24, 2.45) is 17.8 Å². The van der Waals surface area contributed by atoms with E-state index >= 15 is 0 Å². The Hall–Kier alpha value is -1.60. The summed E-state index contributed by atoms with van der Waals surface area (Å²) in [5.41, 5.74) is -2.60. The van der Waals surface area contributed by atoms with Gasteiger partial charge in [-0.2, -0.15) is 0 Å². The Morgan fingerprint density at radius 2 is 1.80 bits per heavy atom. The fraction of sp³-hybridized carbons (Fsp3) is 0.879. The minimum Gasteiger partial charge on any atom is -0.493 e. The number of fused-ring (bicyclic) bond motifs is 14. The summed E-state index contributed by atoms with van der Waals surface area (Å²) in [4.78, 5) is 31.7. The van der Waals surface area contributed by atoms with Gasteiger partial charge in [0.2, 0.25) is 0 Å². The molecule has 4 aliphatic rings. The van der Waals surface area contributed by atoms with Gasteiger partial charge in [0.15, 0.2) is 12.1 Å². The number of carbonyl (C=O) groups is 2. The van der Waals surface area contributed by atoms with E-state index in [1.54, 1.807) is 19.9 Å². The molecule has 44 heavy (non-hydrogen) atoms. The van der Waals surface area contributed by atoms with Crippen LogP contribution in [0.25, 0.3) is 0 Å². The zero-order chi connectivity index (χ0) is 33.1. The number of Topliss-reactive ketones (excluding diaryl/α,β-unsaturated/α-hetero) is 1. The van der Waals surface area contributed by atoms with Crippen LogP contribution in [-0.2, 0) is 33.3 Å². The largest absolute Gasteiger partial charge is 0.493 e. The number of aliphatic hydroxyl groups excluding tert-OH is 1. The Morgan fingerprint density at radius 3 is 2.41 bits per heavy atom. The summed E-state index contributed by atoms with van der Waals surface area (Å²) in [7, 11) is 5.79. The van der Waals surface area contributed by atoms with Crippen molar-refractivity contribution in [2.45, 2.75) is 135 Å². The van der Waals surface area contributed by atoms with Crippen LogP contribution in [0.2, 0.25) is 0 Å². The number of carbonyl (C=O) groups excluding carboxylic acids is 2. The van der Waals surface area contributed by atoms with Crippen molar-refractivity contribution in [1.29, 1.82) is 0 Å². The van der Waals surface area contributed by atoms with Gasteiger partial charge in [0.05, 0.1) is 30.7 Å². The highest BCUT2D eigenvalue weighted by atomic mass is 16.7. The van der Waals surface area contributed by atoms with E-state index in [0.29, 0.717) is 25.8 Å². The second-order valence-electron chi connectivity index (χ2n) is 14.1. The van der Waals surface area contributed by atoms with E-state index in [2.05, 4.69) is 11.8 Å². The normalized spacial score (nSPS) is 46.2. The lowest BCUT2D eigenvalue weighted by Gasteiger charge is -2.47. The van der Waals surface area contributed by atoms with Gasteiger partial charge in [0.25, 0.3) is 0 Å². The van der Waals surface area contributed by atoms with E-state index in [4.69, 9.17) is 23.7 Å². The summed E-state index contributed by atoms with van der Waals surface area (Å²) in [6.45, 7) is 15.4. The molecule has 0 amide bonds. The van der Waals surface area contributed by atoms with Gasteiger partial charge < -0.3 is 38.8 Å². The molecule has 11 heteroatoms. The molecule has 1 unspecified atom stereocenters. The minimum absolute atomic E-state index is 0.0582. The van der Waals surface area contributed by atoms with E-state index in [9.17, 15) is 19.8 Å². The van der Waals surface area contributed by atoms with Crippen molar-refractivity contribution in [3.8, 4) is 0 Å². The summed E-state index contributed by atoms with van der Waals surface area (Å²) in [6.07, 6.45) is -0.0354. The van der Waals surface area contributed by atoms with Gasteiger partial charge in [-0.25, -0.2) is 0 Å². The Morgan fingerprint density at radius 1 is 1.14 bits per heavy atom. The standard InChI is InChI=1S/C33H58N2O9/c1-12-25-33(8,39)29-23(6)35(11)18-19(2)17-32(7,41-15-13-14-40-29)28(21(4)26(36)22(5)30(38)43-25)44-31-27(37)24(34(9)10)16-20(3)42-31/h13-14,19-25,27-29,31,37,39H,12,15-18H2,1-11H3/b14-13+/t19-,20-,21+,22?,23-,24+,25-,27-,28-,29-,31+,32-,33-/m1/s1. The molecule has 2 bridgehead atoms. The molecule has 4 aliphatic heterocycles. The molecule has 0 aromatic rings. The van der Waals surface area contributed by atoms with Crippen molar-refractivity contribution in [2.75, 3.05) is 34.3 Å². The molecular formula is C33H58N2O9. The monoisotopic (exact) mass is 626 g/mol. The molecule has 4 heterocycles. The third-order valence-corrected chi connectivity index (χ3v) is 10.0. The summed E-state index contributed by atoms with van der Waals surface area (Å²) in [6, 6.07) is -0.473. The number of aliphatic hydroxyl groups is 2. The summed E-state index contributed by atoms with van der Waals surface area (Å²) >= 11 is 0. The molecule has 254 valence electrons. The van der Waals surface area contributed by atoms with Crippen molar-refractivity contribution >= 4 is 11.8 Å². The first kappa shape index (κ1) is 36.9. The molecule has 2 N–H and O–H groups in total. The van der Waals surface area contributed by atoms with Crippen LogP contribution >= 0.6 is 0 Å². The van der Waals surface area contributed by atoms with Gasteiger partial charge in [-0.3, -0.25) is 14.5 Å². The van der Waals surface area contributed by atoms with Crippen LogP contribution in [0.4, 0.5) is 0 Å². The first-order valence-electron chi connectivity index (χ1n) is 16.2. The third kappa shape index (κ3) is 8.03. The molecule has 0 saturated carbocycles. The number of nitrogens with zero attached hydrogens (tertiary/aromatic N) is 2. The fourth-order valence-electron chi connectivity index (χ4n) is 7.35. The maximum atomic E-state index is 14.1. The molecule has 0 spiro atoms. The fourth-order valence-corrected chi connectivity index (χ4v) is 7.35. The van der Waals surface area contributed by atoms with Crippen LogP contribution in [0.1, 0.15) is 74.7 Å². The van der Waals surface area contributed by atoms with E-state index < -0.39 is 59.7 Å². The van der Waals surface area contributed by atoms with E-state index in [1.807, 2.05) is 53.7 Å². The summed E-state index contributed by atoms with van der Waals surface area (Å²) in [5, 5.41) is 23.2. The highest BCUT2D eigenvalue weighted by Gasteiger charge is 2.51. The van der Waals surface area contributed by atoms with Gasteiger partial charge in [0, 0.05) is 24.5 Å². The number of esters is 1. The predicted molar refractivity (Wildman–Crippen MR) is 166 cm³/mol. The van der Waals surface area contributed by atoms with Crippen LogP contribution < -0.4 is 0 Å². The second kappa shape index (κ2) is 14.9. The van der Waals surface area contributed by atoms with Crippen molar-refractivity contribution < 1.29 is 43.5 Å². The Balaban J connectivity index is 2.16. The number of hydrogen-bond donors (Lipinski definition) is 2. The minimum atomic E-state index is -1.57. The van der Waals surface area contributed by atoms with Gasteiger partial charge in [0.1, 0.15) is 29.8 Å². The van der Waals surface area contributed by atoms with Gasteiger partial charge >= 0.3 is 5.97 Å². The highest BCUT2D eigenvalue weighted by molar-refractivity contribution is 6.00. The Kier molecular flexibility index (Phi) is 12.5. The zero-order valence-electron chi connectivity index (χ0n) is 28.7. The lowest BCUT2D eigenvalue weighted by Crippen LogP contribution is -2.60. The highest BCUT2D eigenvalue weighted by Crippen LogP contribution is 2.38. The van der Waals surface area contributed by atoms with Crippen molar-refractivity contribution in [3.63, 3.8) is 0 Å². The first-order valence-corrected chi connectivity index (χ1v) is 16.2. The maximum Gasteiger partial charge on any atom is 0.316 e. The van der Waals surface area contributed by atoms with Gasteiger partial charge in [-0.15, -0.1) is 0 Å². The van der Waals surface area contributed by atoms with Gasteiger partial charge in [-0.1, -0.05) is 20.8 Å². The topological polar surface area (TPSA) is 127 Å². The molecule has 13 atom stereocenters.